The van der Waals surface area contributed by atoms with Crippen LogP contribution in [0, 0.1) is 5.92 Å². The van der Waals surface area contributed by atoms with E-state index in [0.717, 1.165) is 23.5 Å². The van der Waals surface area contributed by atoms with Crippen LogP contribution < -0.4 is 4.90 Å². The average molecular weight is 417 g/mol. The number of carboxylic acid groups (broad SMARTS) is 1. The Morgan fingerprint density at radius 3 is 2.23 bits per heavy atom. The van der Waals surface area contributed by atoms with Crippen LogP contribution in [0.1, 0.15) is 61.8 Å². The minimum absolute atomic E-state index is 0.0102. The minimum Gasteiger partial charge on any atom is -0.481 e. The van der Waals surface area contributed by atoms with Crippen LogP contribution in [0.3, 0.4) is 0 Å². The molecule has 30 heavy (non-hydrogen) atoms. The van der Waals surface area contributed by atoms with E-state index in [2.05, 4.69) is 20.4 Å². The number of hydrogen-bond acceptors (Lipinski definition) is 2. The first-order valence-corrected chi connectivity index (χ1v) is 10.0. The van der Waals surface area contributed by atoms with Crippen LogP contribution in [-0.4, -0.2) is 11.1 Å². The van der Waals surface area contributed by atoms with Gasteiger partial charge in [-0.2, -0.15) is 13.2 Å². The smallest absolute Gasteiger partial charge is 0.416 e. The number of nitrogens with zero attached hydrogens (tertiary/aromatic N) is 1. The molecule has 2 atom stereocenters. The second-order valence-corrected chi connectivity index (χ2v) is 8.22. The molecular formula is C24H26F3NO2. The van der Waals surface area contributed by atoms with Gasteiger partial charge in [0.05, 0.1) is 11.6 Å². The Hall–Kier alpha value is -2.76. The van der Waals surface area contributed by atoms with Crippen LogP contribution in [-0.2, 0) is 11.0 Å². The van der Waals surface area contributed by atoms with Gasteiger partial charge in [-0.1, -0.05) is 44.7 Å². The summed E-state index contributed by atoms with van der Waals surface area (Å²) in [4.78, 5) is 13.3. The molecule has 1 saturated heterocycles. The number of halogens is 3. The van der Waals surface area contributed by atoms with Crippen molar-refractivity contribution in [1.29, 1.82) is 0 Å². The van der Waals surface area contributed by atoms with Gasteiger partial charge in [0, 0.05) is 17.8 Å². The Labute approximate surface area is 174 Å². The number of carbonyl (C=O) groups is 1. The van der Waals surface area contributed by atoms with E-state index in [1.54, 1.807) is 0 Å². The largest absolute Gasteiger partial charge is 0.481 e. The van der Waals surface area contributed by atoms with Crippen LogP contribution >= 0.6 is 0 Å². The molecule has 2 aromatic rings. The molecule has 1 aliphatic heterocycles. The molecule has 160 valence electrons. The first kappa shape index (κ1) is 21.9. The summed E-state index contributed by atoms with van der Waals surface area (Å²) in [5.74, 6) is -0.614. The van der Waals surface area contributed by atoms with Crippen molar-refractivity contribution in [3.05, 3.63) is 77.5 Å². The summed E-state index contributed by atoms with van der Waals surface area (Å²) < 4.78 is 39.0. The standard InChI is InChI=1S/C24H26F3NO2/c1-15(2)18-6-10-21(11-7-18)28-16(3)12-17(14-23(29)30)13-22(28)19-4-8-20(9-5-19)24(25,26)27/h4-11,15,17,22H,3,12-14H2,1-2H3,(H,29,30). The zero-order valence-electron chi connectivity index (χ0n) is 17.1. The molecule has 0 bridgehead atoms. The lowest BCUT2D eigenvalue weighted by Crippen LogP contribution is -2.35. The lowest BCUT2D eigenvalue weighted by Gasteiger charge is -2.42. The summed E-state index contributed by atoms with van der Waals surface area (Å²) in [5.41, 5.74) is 2.89. The van der Waals surface area contributed by atoms with Crippen LogP contribution in [0.15, 0.2) is 60.8 Å². The van der Waals surface area contributed by atoms with E-state index in [4.69, 9.17) is 0 Å². The molecule has 1 aliphatic rings. The first-order valence-electron chi connectivity index (χ1n) is 10.0. The van der Waals surface area contributed by atoms with E-state index in [0.29, 0.717) is 24.3 Å². The first-order chi connectivity index (χ1) is 14.1. The maximum Gasteiger partial charge on any atom is 0.416 e. The van der Waals surface area contributed by atoms with Gasteiger partial charge < -0.3 is 10.0 Å². The van der Waals surface area contributed by atoms with E-state index < -0.39 is 17.7 Å². The van der Waals surface area contributed by atoms with Crippen molar-refractivity contribution in [2.75, 3.05) is 4.90 Å². The van der Waals surface area contributed by atoms with Crippen LogP contribution in [0.5, 0.6) is 0 Å². The number of hydrogen-bond donors (Lipinski definition) is 1. The third-order valence-corrected chi connectivity index (χ3v) is 5.66. The van der Waals surface area contributed by atoms with Crippen molar-refractivity contribution in [3.8, 4) is 0 Å². The number of anilines is 1. The van der Waals surface area contributed by atoms with Crippen LogP contribution in [0.2, 0.25) is 0 Å². The van der Waals surface area contributed by atoms with Gasteiger partial charge in [0.1, 0.15) is 0 Å². The Bertz CT molecular complexity index is 902. The molecule has 2 unspecified atom stereocenters. The number of piperidine rings is 1. The van der Waals surface area contributed by atoms with Crippen molar-refractivity contribution < 1.29 is 23.1 Å². The monoisotopic (exact) mass is 417 g/mol. The Morgan fingerprint density at radius 2 is 1.73 bits per heavy atom. The molecule has 3 nitrogen and oxygen atoms in total. The molecule has 0 radical (unpaired) electrons. The van der Waals surface area contributed by atoms with E-state index in [9.17, 15) is 23.1 Å². The second-order valence-electron chi connectivity index (χ2n) is 8.22. The summed E-state index contributed by atoms with van der Waals surface area (Å²) in [7, 11) is 0. The highest BCUT2D eigenvalue weighted by atomic mass is 19.4. The molecular weight excluding hydrogens is 391 g/mol. The van der Waals surface area contributed by atoms with Gasteiger partial charge in [0.2, 0.25) is 0 Å². The highest BCUT2D eigenvalue weighted by Crippen LogP contribution is 2.44. The Kier molecular flexibility index (Phi) is 6.25. The van der Waals surface area contributed by atoms with Crippen molar-refractivity contribution in [2.45, 2.75) is 51.2 Å². The topological polar surface area (TPSA) is 40.5 Å². The minimum atomic E-state index is -4.40. The maximum absolute atomic E-state index is 13.0. The van der Waals surface area contributed by atoms with Gasteiger partial charge in [0.15, 0.2) is 0 Å². The fourth-order valence-electron chi connectivity index (χ4n) is 4.12. The van der Waals surface area contributed by atoms with Gasteiger partial charge in [0.25, 0.3) is 0 Å². The number of alkyl halides is 3. The van der Waals surface area contributed by atoms with Crippen LogP contribution in [0.4, 0.5) is 18.9 Å². The van der Waals surface area contributed by atoms with E-state index in [1.807, 2.05) is 29.2 Å². The zero-order valence-corrected chi connectivity index (χ0v) is 17.1. The quantitative estimate of drug-likeness (QED) is 0.583. The number of benzene rings is 2. The maximum atomic E-state index is 13.0. The lowest BCUT2D eigenvalue weighted by molar-refractivity contribution is -0.139. The lowest BCUT2D eigenvalue weighted by atomic mass is 9.83. The number of rotatable bonds is 5. The molecule has 1 fully saturated rings. The highest BCUT2D eigenvalue weighted by molar-refractivity contribution is 5.67. The normalized spacial score (nSPS) is 19.9. The van der Waals surface area contributed by atoms with Crippen molar-refractivity contribution in [1.82, 2.24) is 0 Å². The Balaban J connectivity index is 1.97. The van der Waals surface area contributed by atoms with Gasteiger partial charge in [-0.25, -0.2) is 0 Å². The summed E-state index contributed by atoms with van der Waals surface area (Å²) in [6.07, 6.45) is -3.32. The number of aliphatic carboxylic acids is 1. The SMILES string of the molecule is C=C1CC(CC(=O)O)CC(c2ccc(C(F)(F)F)cc2)N1c1ccc(C(C)C)cc1. The predicted octanol–water partition coefficient (Wildman–Crippen LogP) is 6.77. The van der Waals surface area contributed by atoms with Crippen molar-refractivity contribution in [2.24, 2.45) is 5.92 Å². The van der Waals surface area contributed by atoms with Gasteiger partial charge in [-0.15, -0.1) is 0 Å². The van der Waals surface area contributed by atoms with Crippen LogP contribution in [0.25, 0.3) is 0 Å². The van der Waals surface area contributed by atoms with Crippen molar-refractivity contribution >= 4 is 11.7 Å². The molecule has 0 aromatic heterocycles. The summed E-state index contributed by atoms with van der Waals surface area (Å²) in [6.45, 7) is 8.39. The molecule has 0 aliphatic carbocycles. The molecule has 6 heteroatoms. The predicted molar refractivity (Wildman–Crippen MR) is 111 cm³/mol. The molecule has 1 heterocycles. The molecule has 0 amide bonds. The zero-order chi connectivity index (χ0) is 22.1. The van der Waals surface area contributed by atoms with Gasteiger partial charge >= 0.3 is 12.1 Å². The van der Waals surface area contributed by atoms with E-state index in [-0.39, 0.29) is 18.4 Å². The summed E-state index contributed by atoms with van der Waals surface area (Å²) >= 11 is 0. The molecule has 3 rings (SSSR count). The van der Waals surface area contributed by atoms with Crippen molar-refractivity contribution in [3.63, 3.8) is 0 Å². The second kappa shape index (κ2) is 8.54. The fraction of sp³-hybridized carbons (Fsp3) is 0.375. The highest BCUT2D eigenvalue weighted by Gasteiger charge is 2.35. The summed E-state index contributed by atoms with van der Waals surface area (Å²) in [6, 6.07) is 12.9. The molecule has 0 spiro atoms. The average Bonchev–Trinajstić information content (AvgIpc) is 2.66. The van der Waals surface area contributed by atoms with Gasteiger partial charge in [-0.3, -0.25) is 4.79 Å². The number of carboxylic acids is 1. The van der Waals surface area contributed by atoms with Gasteiger partial charge in [-0.05, 0) is 60.1 Å². The van der Waals surface area contributed by atoms with E-state index in [1.165, 1.54) is 17.7 Å². The molecule has 0 saturated carbocycles. The molecule has 2 aromatic carbocycles. The third-order valence-electron chi connectivity index (χ3n) is 5.66. The summed E-state index contributed by atoms with van der Waals surface area (Å²) in [5, 5.41) is 9.23. The fourth-order valence-corrected chi connectivity index (χ4v) is 4.12. The molecule has 1 N–H and O–H groups in total. The third kappa shape index (κ3) is 4.86. The van der Waals surface area contributed by atoms with E-state index >= 15 is 0 Å². The number of allylic oxidation sites excluding steroid dienone is 1. The Morgan fingerprint density at radius 1 is 1.13 bits per heavy atom.